The number of benzene rings is 1. The minimum Gasteiger partial charge on any atom is -0.476 e. The third kappa shape index (κ3) is 1.46. The van der Waals surface area contributed by atoms with Crippen LogP contribution in [0.25, 0.3) is 10.9 Å². The highest BCUT2D eigenvalue weighted by Gasteiger charge is 2.15. The Hall–Kier alpha value is -2.17. The summed E-state index contributed by atoms with van der Waals surface area (Å²) in [5.41, 5.74) is 8.34. The van der Waals surface area contributed by atoms with Gasteiger partial charge in [-0.2, -0.15) is 0 Å². The molecular weight excluding hydrogens is 206 g/mol. The number of hydrogen-bond acceptors (Lipinski definition) is 4. The molecule has 0 fully saturated rings. The van der Waals surface area contributed by atoms with E-state index in [0.29, 0.717) is 10.9 Å². The Kier molecular flexibility index (Phi) is 2.23. The molecule has 1 aromatic heterocycles. The highest BCUT2D eigenvalue weighted by Crippen LogP contribution is 2.25. The number of carbonyl (C=O) groups is 1. The SMILES string of the molecule is Cc1cc(C)c2c(N)c(C(=O)O)nnc2c1. The van der Waals surface area contributed by atoms with Gasteiger partial charge in [-0.1, -0.05) is 6.07 Å². The zero-order valence-corrected chi connectivity index (χ0v) is 8.98. The number of aromatic nitrogens is 2. The van der Waals surface area contributed by atoms with E-state index in [4.69, 9.17) is 10.8 Å². The number of aromatic carboxylic acids is 1. The lowest BCUT2D eigenvalue weighted by Crippen LogP contribution is -2.08. The smallest absolute Gasteiger partial charge is 0.358 e. The van der Waals surface area contributed by atoms with Crippen molar-refractivity contribution in [2.75, 3.05) is 5.73 Å². The summed E-state index contributed by atoms with van der Waals surface area (Å²) in [6, 6.07) is 3.77. The van der Waals surface area contributed by atoms with Crippen molar-refractivity contribution < 1.29 is 9.90 Å². The van der Waals surface area contributed by atoms with Crippen LogP contribution in [0.5, 0.6) is 0 Å². The van der Waals surface area contributed by atoms with E-state index < -0.39 is 5.97 Å². The second kappa shape index (κ2) is 3.44. The Labute approximate surface area is 91.9 Å². The molecule has 5 nitrogen and oxygen atoms in total. The Morgan fingerprint density at radius 1 is 1.31 bits per heavy atom. The lowest BCUT2D eigenvalue weighted by Gasteiger charge is -2.07. The third-order valence-electron chi connectivity index (χ3n) is 2.44. The van der Waals surface area contributed by atoms with Gasteiger partial charge in [0.25, 0.3) is 0 Å². The summed E-state index contributed by atoms with van der Waals surface area (Å²) in [4.78, 5) is 10.9. The van der Waals surface area contributed by atoms with Crippen LogP contribution in [0.2, 0.25) is 0 Å². The fourth-order valence-electron chi connectivity index (χ4n) is 1.81. The molecule has 0 unspecified atom stereocenters. The first-order valence-corrected chi connectivity index (χ1v) is 4.77. The van der Waals surface area contributed by atoms with Crippen molar-refractivity contribution in [2.24, 2.45) is 0 Å². The van der Waals surface area contributed by atoms with Crippen molar-refractivity contribution in [1.29, 1.82) is 0 Å². The molecule has 2 aromatic rings. The van der Waals surface area contributed by atoms with Crippen LogP contribution in [-0.2, 0) is 0 Å². The third-order valence-corrected chi connectivity index (χ3v) is 2.44. The van der Waals surface area contributed by atoms with Gasteiger partial charge in [0, 0.05) is 5.39 Å². The Bertz CT molecular complexity index is 593. The second-order valence-corrected chi connectivity index (χ2v) is 3.74. The Morgan fingerprint density at radius 3 is 2.62 bits per heavy atom. The van der Waals surface area contributed by atoms with Crippen LogP contribution >= 0.6 is 0 Å². The molecular formula is C11H11N3O2. The number of nitrogen functional groups attached to an aromatic ring is 1. The molecule has 1 aromatic carbocycles. The number of carboxylic acids is 1. The van der Waals surface area contributed by atoms with E-state index in [-0.39, 0.29) is 11.4 Å². The zero-order valence-electron chi connectivity index (χ0n) is 8.98. The summed E-state index contributed by atoms with van der Waals surface area (Å²) in [7, 11) is 0. The molecule has 82 valence electrons. The normalized spacial score (nSPS) is 10.6. The first-order valence-electron chi connectivity index (χ1n) is 4.77. The summed E-state index contributed by atoms with van der Waals surface area (Å²) >= 11 is 0. The number of anilines is 1. The van der Waals surface area contributed by atoms with Gasteiger partial charge in [-0.3, -0.25) is 0 Å². The molecule has 0 atom stereocenters. The van der Waals surface area contributed by atoms with Gasteiger partial charge in [-0.25, -0.2) is 4.79 Å². The number of carboxylic acid groups (broad SMARTS) is 1. The molecule has 16 heavy (non-hydrogen) atoms. The fraction of sp³-hybridized carbons (Fsp3) is 0.182. The van der Waals surface area contributed by atoms with E-state index in [9.17, 15) is 4.79 Å². The molecule has 0 saturated carbocycles. The second-order valence-electron chi connectivity index (χ2n) is 3.74. The van der Waals surface area contributed by atoms with E-state index in [1.807, 2.05) is 26.0 Å². The standard InChI is InChI=1S/C11H11N3O2/c1-5-3-6(2)8-7(4-5)13-14-10(9(8)12)11(15)16/h3-4H,1-2H3,(H2,12,13)(H,15,16). The van der Waals surface area contributed by atoms with Gasteiger partial charge in [-0.15, -0.1) is 10.2 Å². The van der Waals surface area contributed by atoms with Gasteiger partial charge in [0.2, 0.25) is 0 Å². The number of hydrogen-bond donors (Lipinski definition) is 2. The highest BCUT2D eigenvalue weighted by atomic mass is 16.4. The molecule has 0 aliphatic rings. The summed E-state index contributed by atoms with van der Waals surface area (Å²) in [6.07, 6.45) is 0. The van der Waals surface area contributed by atoms with E-state index in [2.05, 4.69) is 10.2 Å². The van der Waals surface area contributed by atoms with Crippen LogP contribution in [0.4, 0.5) is 5.69 Å². The molecule has 0 aliphatic heterocycles. The van der Waals surface area contributed by atoms with E-state index in [1.54, 1.807) is 0 Å². The van der Waals surface area contributed by atoms with E-state index >= 15 is 0 Å². The number of nitrogens with zero attached hydrogens (tertiary/aromatic N) is 2. The van der Waals surface area contributed by atoms with Gasteiger partial charge in [0.05, 0.1) is 11.2 Å². The molecule has 0 spiro atoms. The average molecular weight is 217 g/mol. The van der Waals surface area contributed by atoms with Crippen molar-refractivity contribution in [3.05, 3.63) is 29.0 Å². The predicted molar refractivity (Wildman–Crippen MR) is 60.4 cm³/mol. The van der Waals surface area contributed by atoms with Crippen molar-refractivity contribution in [1.82, 2.24) is 10.2 Å². The maximum absolute atomic E-state index is 10.9. The van der Waals surface area contributed by atoms with Gasteiger partial charge < -0.3 is 10.8 Å². The molecule has 2 rings (SSSR count). The minimum absolute atomic E-state index is 0.176. The number of rotatable bonds is 1. The summed E-state index contributed by atoms with van der Waals surface area (Å²) in [6.45, 7) is 3.81. The molecule has 3 N–H and O–H groups in total. The van der Waals surface area contributed by atoms with Gasteiger partial charge in [0.15, 0.2) is 5.69 Å². The van der Waals surface area contributed by atoms with Crippen LogP contribution in [0.3, 0.4) is 0 Å². The van der Waals surface area contributed by atoms with Crippen LogP contribution in [-0.4, -0.2) is 21.3 Å². The summed E-state index contributed by atoms with van der Waals surface area (Å²) in [5.74, 6) is -1.16. The summed E-state index contributed by atoms with van der Waals surface area (Å²) in [5, 5.41) is 17.0. The number of fused-ring (bicyclic) bond motifs is 1. The highest BCUT2D eigenvalue weighted by molar-refractivity contribution is 6.02. The van der Waals surface area contributed by atoms with Crippen LogP contribution in [0.15, 0.2) is 12.1 Å². The minimum atomic E-state index is -1.16. The Morgan fingerprint density at radius 2 is 2.00 bits per heavy atom. The largest absolute Gasteiger partial charge is 0.476 e. The molecule has 0 saturated heterocycles. The predicted octanol–water partition coefficient (Wildman–Crippen LogP) is 1.53. The fourth-order valence-corrected chi connectivity index (χ4v) is 1.81. The maximum Gasteiger partial charge on any atom is 0.358 e. The first-order chi connectivity index (χ1) is 7.50. The molecule has 0 amide bonds. The monoisotopic (exact) mass is 217 g/mol. The topological polar surface area (TPSA) is 89.1 Å². The molecule has 0 bridgehead atoms. The Balaban J connectivity index is 2.89. The lowest BCUT2D eigenvalue weighted by atomic mass is 10.0. The summed E-state index contributed by atoms with van der Waals surface area (Å²) < 4.78 is 0. The lowest BCUT2D eigenvalue weighted by molar-refractivity contribution is 0.0691. The molecule has 0 aliphatic carbocycles. The quantitative estimate of drug-likeness (QED) is 0.756. The molecule has 0 radical (unpaired) electrons. The number of nitrogens with two attached hydrogens (primary N) is 1. The van der Waals surface area contributed by atoms with E-state index in [1.165, 1.54) is 0 Å². The molecule has 5 heteroatoms. The van der Waals surface area contributed by atoms with Gasteiger partial charge in [-0.05, 0) is 31.0 Å². The molecule has 1 heterocycles. The first kappa shape index (κ1) is 10.4. The average Bonchev–Trinajstić information content (AvgIpc) is 2.15. The van der Waals surface area contributed by atoms with Crippen molar-refractivity contribution in [2.45, 2.75) is 13.8 Å². The van der Waals surface area contributed by atoms with Crippen molar-refractivity contribution >= 4 is 22.6 Å². The van der Waals surface area contributed by atoms with Crippen LogP contribution in [0.1, 0.15) is 21.6 Å². The van der Waals surface area contributed by atoms with E-state index in [0.717, 1.165) is 11.1 Å². The van der Waals surface area contributed by atoms with Crippen LogP contribution in [0, 0.1) is 13.8 Å². The maximum atomic E-state index is 10.9. The van der Waals surface area contributed by atoms with Gasteiger partial charge in [0.1, 0.15) is 0 Å². The zero-order chi connectivity index (χ0) is 11.9. The number of aryl methyl sites for hydroxylation is 2. The van der Waals surface area contributed by atoms with Crippen molar-refractivity contribution in [3.63, 3.8) is 0 Å². The van der Waals surface area contributed by atoms with Gasteiger partial charge >= 0.3 is 5.97 Å². The van der Waals surface area contributed by atoms with Crippen LogP contribution < -0.4 is 5.73 Å². The van der Waals surface area contributed by atoms with Crippen molar-refractivity contribution in [3.8, 4) is 0 Å².